The Labute approximate surface area is 113 Å². The van der Waals surface area contributed by atoms with Crippen molar-refractivity contribution < 1.29 is 0 Å². The molecule has 3 nitrogen and oxygen atoms in total. The highest BCUT2D eigenvalue weighted by molar-refractivity contribution is 6.29. The Hall–Kier alpha value is -1.32. The van der Waals surface area contributed by atoms with Crippen molar-refractivity contribution in [3.63, 3.8) is 0 Å². The zero-order chi connectivity index (χ0) is 13.1. The molecule has 96 valence electrons. The Kier molecular flexibility index (Phi) is 4.04. The van der Waals surface area contributed by atoms with E-state index in [9.17, 15) is 0 Å². The van der Waals surface area contributed by atoms with Crippen LogP contribution in [0.4, 0.5) is 0 Å². The first kappa shape index (κ1) is 13.1. The molecule has 0 saturated heterocycles. The maximum Gasteiger partial charge on any atom is 0.128 e. The molecule has 18 heavy (non-hydrogen) atoms. The monoisotopic (exact) mass is 263 g/mol. The molecule has 0 radical (unpaired) electrons. The maximum absolute atomic E-state index is 5.95. The van der Waals surface area contributed by atoms with Gasteiger partial charge in [-0.05, 0) is 19.4 Å². The van der Waals surface area contributed by atoms with Gasteiger partial charge in [0.05, 0.1) is 12.7 Å². The molecule has 0 aliphatic rings. The van der Waals surface area contributed by atoms with Gasteiger partial charge >= 0.3 is 0 Å². The summed E-state index contributed by atoms with van der Waals surface area (Å²) in [6.45, 7) is 4.95. The quantitative estimate of drug-likeness (QED) is 0.918. The predicted octanol–water partition coefficient (Wildman–Crippen LogP) is 3.23. The van der Waals surface area contributed by atoms with Crippen LogP contribution in [0.5, 0.6) is 0 Å². The normalized spacial score (nSPS) is 12.7. The van der Waals surface area contributed by atoms with Crippen molar-refractivity contribution in [1.82, 2.24) is 14.9 Å². The molecule has 0 spiro atoms. The number of imidazole rings is 1. The summed E-state index contributed by atoms with van der Waals surface area (Å²) in [6.07, 6.45) is 1.68. The van der Waals surface area contributed by atoms with E-state index in [4.69, 9.17) is 11.6 Å². The number of nitrogens with zero attached hydrogens (tertiary/aromatic N) is 2. The molecule has 2 rings (SSSR count). The zero-order valence-electron chi connectivity index (χ0n) is 10.9. The first-order valence-electron chi connectivity index (χ1n) is 6.04. The number of aryl methyl sites for hydroxylation is 1. The largest absolute Gasteiger partial charge is 0.321 e. The molecule has 1 aromatic heterocycles. The number of rotatable bonds is 4. The summed E-state index contributed by atoms with van der Waals surface area (Å²) in [5.41, 5.74) is 2.56. The van der Waals surface area contributed by atoms with Crippen molar-refractivity contribution in [2.24, 2.45) is 7.05 Å². The second-order valence-corrected chi connectivity index (χ2v) is 4.96. The van der Waals surface area contributed by atoms with Gasteiger partial charge in [-0.15, -0.1) is 0 Å². The van der Waals surface area contributed by atoms with Gasteiger partial charge in [0.25, 0.3) is 0 Å². The highest BCUT2D eigenvalue weighted by atomic mass is 35.5. The van der Waals surface area contributed by atoms with Crippen LogP contribution < -0.4 is 5.32 Å². The third-order valence-corrected chi connectivity index (χ3v) is 3.52. The van der Waals surface area contributed by atoms with Crippen LogP contribution in [0.1, 0.15) is 29.9 Å². The smallest absolute Gasteiger partial charge is 0.128 e. The molecule has 4 heteroatoms. The van der Waals surface area contributed by atoms with Crippen LogP contribution in [0.15, 0.2) is 30.5 Å². The van der Waals surface area contributed by atoms with E-state index in [-0.39, 0.29) is 0 Å². The third-order valence-electron chi connectivity index (χ3n) is 3.17. The summed E-state index contributed by atoms with van der Waals surface area (Å²) in [5.74, 6) is 0.943. The fourth-order valence-corrected chi connectivity index (χ4v) is 1.95. The van der Waals surface area contributed by atoms with Crippen LogP contribution >= 0.6 is 11.6 Å². The molecule has 0 unspecified atom stereocenters. The lowest BCUT2D eigenvalue weighted by molar-refractivity contribution is 0.549. The lowest BCUT2D eigenvalue weighted by Gasteiger charge is -2.14. The number of hydrogen-bond acceptors (Lipinski definition) is 2. The Bertz CT molecular complexity index is 516. The SMILES string of the molecule is Cc1ccc([C@H](C)NCc2ncc(Cl)n2C)cc1. The molecule has 1 heterocycles. The molecule has 0 amide bonds. The Balaban J connectivity index is 1.98. The number of benzene rings is 1. The Morgan fingerprint density at radius 3 is 2.56 bits per heavy atom. The van der Waals surface area contributed by atoms with E-state index in [2.05, 4.69) is 48.4 Å². The van der Waals surface area contributed by atoms with Gasteiger partial charge in [-0.25, -0.2) is 4.98 Å². The van der Waals surface area contributed by atoms with E-state index in [0.29, 0.717) is 17.7 Å². The van der Waals surface area contributed by atoms with Gasteiger partial charge in [-0.2, -0.15) is 0 Å². The van der Waals surface area contributed by atoms with E-state index < -0.39 is 0 Å². The number of aromatic nitrogens is 2. The zero-order valence-corrected chi connectivity index (χ0v) is 11.7. The fourth-order valence-electron chi connectivity index (χ4n) is 1.81. The van der Waals surface area contributed by atoms with Crippen molar-refractivity contribution >= 4 is 11.6 Å². The van der Waals surface area contributed by atoms with Crippen LogP contribution in [0.25, 0.3) is 0 Å². The van der Waals surface area contributed by atoms with E-state index in [0.717, 1.165) is 5.82 Å². The highest BCUT2D eigenvalue weighted by Gasteiger charge is 2.08. The van der Waals surface area contributed by atoms with Gasteiger partial charge < -0.3 is 9.88 Å². The average molecular weight is 264 g/mol. The molecule has 0 aliphatic carbocycles. The van der Waals surface area contributed by atoms with Crippen molar-refractivity contribution in [2.45, 2.75) is 26.4 Å². The van der Waals surface area contributed by atoms with E-state index >= 15 is 0 Å². The lowest BCUT2D eigenvalue weighted by Crippen LogP contribution is -2.20. The summed E-state index contributed by atoms with van der Waals surface area (Å²) in [4.78, 5) is 4.26. The van der Waals surface area contributed by atoms with Crippen molar-refractivity contribution in [3.8, 4) is 0 Å². The number of nitrogens with one attached hydrogen (secondary N) is 1. The molecular weight excluding hydrogens is 246 g/mol. The molecular formula is C14H18ClN3. The number of hydrogen-bond donors (Lipinski definition) is 1. The van der Waals surface area contributed by atoms with E-state index in [1.165, 1.54) is 11.1 Å². The summed E-state index contributed by atoms with van der Waals surface area (Å²) >= 11 is 5.95. The lowest BCUT2D eigenvalue weighted by atomic mass is 10.1. The molecule has 0 bridgehead atoms. The minimum Gasteiger partial charge on any atom is -0.321 e. The first-order chi connectivity index (χ1) is 8.58. The topological polar surface area (TPSA) is 29.9 Å². The minimum atomic E-state index is 0.293. The van der Waals surface area contributed by atoms with Gasteiger partial charge in [0.2, 0.25) is 0 Å². The summed E-state index contributed by atoms with van der Waals surface area (Å²) in [6, 6.07) is 8.86. The first-order valence-corrected chi connectivity index (χ1v) is 6.42. The second kappa shape index (κ2) is 5.55. The Morgan fingerprint density at radius 1 is 1.33 bits per heavy atom. The molecule has 2 aromatic rings. The summed E-state index contributed by atoms with van der Waals surface area (Å²) in [7, 11) is 1.92. The van der Waals surface area contributed by atoms with Crippen LogP contribution in [-0.4, -0.2) is 9.55 Å². The predicted molar refractivity (Wildman–Crippen MR) is 74.7 cm³/mol. The molecule has 0 aliphatic heterocycles. The standard InChI is InChI=1S/C14H18ClN3/c1-10-4-6-12(7-5-10)11(2)16-9-14-17-8-13(15)18(14)3/h4-8,11,16H,9H2,1-3H3/t11-/m0/s1. The summed E-state index contributed by atoms with van der Waals surface area (Å²) in [5, 5.41) is 4.11. The van der Waals surface area contributed by atoms with Gasteiger partial charge in [0.1, 0.15) is 11.0 Å². The van der Waals surface area contributed by atoms with Crippen molar-refractivity contribution in [1.29, 1.82) is 0 Å². The Morgan fingerprint density at radius 2 is 2.00 bits per heavy atom. The molecule has 0 fully saturated rings. The van der Waals surface area contributed by atoms with E-state index in [1.807, 2.05) is 11.6 Å². The molecule has 1 aromatic carbocycles. The van der Waals surface area contributed by atoms with Gasteiger partial charge in [0, 0.05) is 13.1 Å². The van der Waals surface area contributed by atoms with Gasteiger partial charge in [-0.1, -0.05) is 41.4 Å². The molecule has 1 N–H and O–H groups in total. The highest BCUT2D eigenvalue weighted by Crippen LogP contribution is 2.14. The third kappa shape index (κ3) is 2.92. The van der Waals surface area contributed by atoms with Crippen LogP contribution in [0.2, 0.25) is 5.15 Å². The van der Waals surface area contributed by atoms with Crippen LogP contribution in [0.3, 0.4) is 0 Å². The average Bonchev–Trinajstić information content (AvgIpc) is 2.68. The van der Waals surface area contributed by atoms with E-state index in [1.54, 1.807) is 6.20 Å². The van der Waals surface area contributed by atoms with Crippen molar-refractivity contribution in [3.05, 3.63) is 52.6 Å². The van der Waals surface area contributed by atoms with Crippen LogP contribution in [-0.2, 0) is 13.6 Å². The summed E-state index contributed by atoms with van der Waals surface area (Å²) < 4.78 is 1.89. The van der Waals surface area contributed by atoms with Gasteiger partial charge in [-0.3, -0.25) is 0 Å². The van der Waals surface area contributed by atoms with Crippen molar-refractivity contribution in [2.75, 3.05) is 0 Å². The maximum atomic E-state index is 5.95. The van der Waals surface area contributed by atoms with Crippen LogP contribution in [0, 0.1) is 6.92 Å². The fraction of sp³-hybridized carbons (Fsp3) is 0.357. The number of halogens is 1. The minimum absolute atomic E-state index is 0.293. The molecule has 0 saturated carbocycles. The van der Waals surface area contributed by atoms with Gasteiger partial charge in [0.15, 0.2) is 0 Å². The molecule has 1 atom stereocenters. The second-order valence-electron chi connectivity index (χ2n) is 4.57.